The number of hydrogen-bond acceptors (Lipinski definition) is 9. The van der Waals surface area contributed by atoms with E-state index in [0.717, 1.165) is 73.3 Å². The van der Waals surface area contributed by atoms with E-state index >= 15 is 0 Å². The number of ether oxygens (including phenoxy) is 1. The van der Waals surface area contributed by atoms with E-state index in [1.54, 1.807) is 6.20 Å². The Kier molecular flexibility index (Phi) is 7.70. The second-order valence-electron chi connectivity index (χ2n) is 10.8. The summed E-state index contributed by atoms with van der Waals surface area (Å²) in [6.07, 6.45) is 6.00. The lowest BCUT2D eigenvalue weighted by Gasteiger charge is -2.40. The van der Waals surface area contributed by atoms with Crippen LogP contribution < -0.4 is 15.5 Å². The first-order chi connectivity index (χ1) is 19.5. The number of fused-ring (bicyclic) bond motifs is 1. The van der Waals surface area contributed by atoms with Crippen molar-refractivity contribution in [1.29, 1.82) is 0 Å². The third-order valence-corrected chi connectivity index (χ3v) is 7.84. The average Bonchev–Trinajstić information content (AvgIpc) is 3.16. The number of benzene rings is 1. The molecule has 3 aliphatic heterocycles. The van der Waals surface area contributed by atoms with Crippen LogP contribution in [0.2, 0.25) is 0 Å². The highest BCUT2D eigenvalue weighted by atomic mass is 16.5. The molecule has 0 saturated carbocycles. The number of amides is 1. The third kappa shape index (κ3) is 5.83. The molecule has 0 bridgehead atoms. The molecule has 0 radical (unpaired) electrons. The highest BCUT2D eigenvalue weighted by Gasteiger charge is 2.26. The van der Waals surface area contributed by atoms with E-state index in [9.17, 15) is 4.79 Å². The lowest BCUT2D eigenvalue weighted by molar-refractivity contribution is -0.114. The van der Waals surface area contributed by atoms with Gasteiger partial charge in [0.05, 0.1) is 30.8 Å². The molecule has 40 heavy (non-hydrogen) atoms. The maximum absolute atomic E-state index is 12.1. The average molecular weight is 541 g/mol. The van der Waals surface area contributed by atoms with Crippen molar-refractivity contribution in [3.8, 4) is 11.3 Å². The molecular weight excluding hydrogens is 504 g/mol. The van der Waals surface area contributed by atoms with Crippen LogP contribution in [0.5, 0.6) is 0 Å². The number of aromatic nitrogens is 3. The standard InChI is InChI=1S/C30H36N8O2/c1-20(2)29-24-17-21(3-5-26(24)34-28(39)19-33-29)25-7-10-31-30(35-25)36-27-6-4-23(18-32-27)37-11-8-22(9-12-37)38-13-15-40-16-14-38/h3-7,10,17-18,20,22H,8-9,11-16,19H2,1-2H3,(H,34,39)(H,31,32,35,36). The highest BCUT2D eigenvalue weighted by molar-refractivity contribution is 6.12. The number of rotatable bonds is 6. The number of morpholine rings is 1. The topological polar surface area (TPSA) is 108 Å². The Balaban J connectivity index is 1.13. The largest absolute Gasteiger partial charge is 0.379 e. The van der Waals surface area contributed by atoms with Gasteiger partial charge in [-0.1, -0.05) is 19.9 Å². The van der Waals surface area contributed by atoms with Crippen molar-refractivity contribution >= 4 is 34.8 Å². The van der Waals surface area contributed by atoms with Crippen molar-refractivity contribution in [2.75, 3.05) is 61.5 Å². The number of anilines is 4. The van der Waals surface area contributed by atoms with Gasteiger partial charge in [0.25, 0.3) is 0 Å². The molecule has 0 spiro atoms. The third-order valence-electron chi connectivity index (χ3n) is 7.84. The van der Waals surface area contributed by atoms with Gasteiger partial charge in [0, 0.05) is 60.9 Å². The number of nitrogens with zero attached hydrogens (tertiary/aromatic N) is 6. The first-order valence-electron chi connectivity index (χ1n) is 14.2. The van der Waals surface area contributed by atoms with E-state index in [2.05, 4.69) is 55.3 Å². The number of carbonyl (C=O) groups excluding carboxylic acids is 1. The lowest BCUT2D eigenvalue weighted by Crippen LogP contribution is -2.49. The summed E-state index contributed by atoms with van der Waals surface area (Å²) in [5.74, 6) is 1.26. The minimum absolute atomic E-state index is 0.103. The number of pyridine rings is 1. The summed E-state index contributed by atoms with van der Waals surface area (Å²) in [6, 6.07) is 12.6. The van der Waals surface area contributed by atoms with Gasteiger partial charge in [0.15, 0.2) is 0 Å². The zero-order chi connectivity index (χ0) is 27.5. The Hall–Kier alpha value is -3.89. The maximum Gasteiger partial charge on any atom is 0.246 e. The quantitative estimate of drug-likeness (QED) is 0.484. The molecule has 10 heteroatoms. The van der Waals surface area contributed by atoms with E-state index in [1.807, 2.05) is 36.5 Å². The summed E-state index contributed by atoms with van der Waals surface area (Å²) in [7, 11) is 0. The monoisotopic (exact) mass is 540 g/mol. The molecule has 1 amide bonds. The van der Waals surface area contributed by atoms with E-state index < -0.39 is 0 Å². The van der Waals surface area contributed by atoms with Crippen LogP contribution in [0, 0.1) is 5.92 Å². The second-order valence-corrected chi connectivity index (χ2v) is 10.8. The van der Waals surface area contributed by atoms with Crippen molar-refractivity contribution in [1.82, 2.24) is 19.9 Å². The van der Waals surface area contributed by atoms with Crippen LogP contribution in [0.1, 0.15) is 32.3 Å². The number of nitrogens with one attached hydrogen (secondary N) is 2. The van der Waals surface area contributed by atoms with Gasteiger partial charge in [-0.15, -0.1) is 0 Å². The zero-order valence-corrected chi connectivity index (χ0v) is 23.1. The van der Waals surface area contributed by atoms with Gasteiger partial charge in [0.1, 0.15) is 12.4 Å². The minimum atomic E-state index is -0.103. The van der Waals surface area contributed by atoms with E-state index in [4.69, 9.17) is 9.72 Å². The van der Waals surface area contributed by atoms with Gasteiger partial charge in [-0.05, 0) is 49.1 Å². The fourth-order valence-corrected chi connectivity index (χ4v) is 5.72. The molecule has 5 heterocycles. The van der Waals surface area contributed by atoms with Crippen LogP contribution in [-0.4, -0.2) is 83.5 Å². The minimum Gasteiger partial charge on any atom is -0.379 e. The lowest BCUT2D eigenvalue weighted by atomic mass is 9.95. The molecule has 3 aromatic rings. The normalized spacial score (nSPS) is 18.6. The summed E-state index contributed by atoms with van der Waals surface area (Å²) >= 11 is 0. The SMILES string of the molecule is CC(C)C1=NCC(=O)Nc2ccc(-c3ccnc(Nc4ccc(N5CCC(N6CCOCC6)CC5)cn4)n3)cc21. The molecule has 208 valence electrons. The van der Waals surface area contributed by atoms with Gasteiger partial charge < -0.3 is 20.3 Å². The molecule has 3 aliphatic rings. The summed E-state index contributed by atoms with van der Waals surface area (Å²) in [4.78, 5) is 35.5. The van der Waals surface area contributed by atoms with Crippen molar-refractivity contribution in [2.24, 2.45) is 10.9 Å². The molecule has 0 atom stereocenters. The second kappa shape index (κ2) is 11.7. The summed E-state index contributed by atoms with van der Waals surface area (Å²) in [5.41, 5.74) is 5.46. The van der Waals surface area contributed by atoms with Gasteiger partial charge in [0.2, 0.25) is 11.9 Å². The van der Waals surface area contributed by atoms with Crippen molar-refractivity contribution in [3.05, 3.63) is 54.4 Å². The van der Waals surface area contributed by atoms with Crippen LogP contribution in [-0.2, 0) is 9.53 Å². The number of aliphatic imine (C=N–C) groups is 1. The van der Waals surface area contributed by atoms with Crippen molar-refractivity contribution in [2.45, 2.75) is 32.7 Å². The Bertz CT molecular complexity index is 1380. The predicted molar refractivity (Wildman–Crippen MR) is 157 cm³/mol. The zero-order valence-electron chi connectivity index (χ0n) is 23.1. The number of carbonyl (C=O) groups is 1. The highest BCUT2D eigenvalue weighted by Crippen LogP contribution is 2.29. The summed E-state index contributed by atoms with van der Waals surface area (Å²) < 4.78 is 5.51. The molecule has 2 saturated heterocycles. The molecule has 2 N–H and O–H groups in total. The Morgan fingerprint density at radius 1 is 1.02 bits per heavy atom. The Morgan fingerprint density at radius 3 is 2.60 bits per heavy atom. The predicted octanol–water partition coefficient (Wildman–Crippen LogP) is 3.98. The molecule has 1 aromatic carbocycles. The van der Waals surface area contributed by atoms with Crippen LogP contribution in [0.25, 0.3) is 11.3 Å². The molecule has 2 fully saturated rings. The van der Waals surface area contributed by atoms with Crippen LogP contribution in [0.4, 0.5) is 23.1 Å². The van der Waals surface area contributed by atoms with Gasteiger partial charge in [-0.2, -0.15) is 0 Å². The molecule has 2 aromatic heterocycles. The fourth-order valence-electron chi connectivity index (χ4n) is 5.72. The number of benzodiazepines with no additional fused rings is 1. The molecule has 6 rings (SSSR count). The summed E-state index contributed by atoms with van der Waals surface area (Å²) in [5, 5.41) is 6.21. The van der Waals surface area contributed by atoms with Gasteiger partial charge in [-0.3, -0.25) is 14.7 Å². The van der Waals surface area contributed by atoms with Gasteiger partial charge >= 0.3 is 0 Å². The first kappa shape index (κ1) is 26.3. The van der Waals surface area contributed by atoms with Crippen molar-refractivity contribution in [3.63, 3.8) is 0 Å². The van der Waals surface area contributed by atoms with E-state index in [0.29, 0.717) is 17.8 Å². The number of piperidine rings is 1. The summed E-state index contributed by atoms with van der Waals surface area (Å²) in [6.45, 7) is 10.2. The fraction of sp³-hybridized carbons (Fsp3) is 0.433. The van der Waals surface area contributed by atoms with E-state index in [-0.39, 0.29) is 18.4 Å². The Morgan fingerprint density at radius 2 is 1.85 bits per heavy atom. The van der Waals surface area contributed by atoms with Crippen LogP contribution >= 0.6 is 0 Å². The van der Waals surface area contributed by atoms with Gasteiger partial charge in [-0.25, -0.2) is 15.0 Å². The molecule has 0 aliphatic carbocycles. The van der Waals surface area contributed by atoms with E-state index in [1.165, 1.54) is 12.8 Å². The van der Waals surface area contributed by atoms with Crippen LogP contribution in [0.3, 0.4) is 0 Å². The smallest absolute Gasteiger partial charge is 0.246 e. The maximum atomic E-state index is 12.1. The molecular formula is C30H36N8O2. The van der Waals surface area contributed by atoms with Crippen molar-refractivity contribution < 1.29 is 9.53 Å². The molecule has 0 unspecified atom stereocenters. The molecule has 10 nitrogen and oxygen atoms in total. The Labute approximate surface area is 234 Å². The number of hydrogen-bond donors (Lipinski definition) is 2. The first-order valence-corrected chi connectivity index (χ1v) is 14.2. The van der Waals surface area contributed by atoms with Crippen LogP contribution in [0.15, 0.2) is 53.8 Å².